The minimum atomic E-state index is 0.447. The Labute approximate surface area is 139 Å². The lowest BCUT2D eigenvalue weighted by Crippen LogP contribution is -1.95. The van der Waals surface area contributed by atoms with Crippen LogP contribution in [0, 0.1) is 18.3 Å². The Morgan fingerprint density at radius 1 is 1.17 bits per heavy atom. The van der Waals surface area contributed by atoms with Crippen molar-refractivity contribution in [2.45, 2.75) is 6.92 Å². The highest BCUT2D eigenvalue weighted by Crippen LogP contribution is 2.27. The molecule has 3 rings (SSSR count). The zero-order valence-corrected chi connectivity index (χ0v) is 13.2. The number of aryl methyl sites for hydroxylation is 1. The predicted molar refractivity (Wildman–Crippen MR) is 91.0 cm³/mol. The summed E-state index contributed by atoms with van der Waals surface area (Å²) in [7, 11) is 0. The van der Waals surface area contributed by atoms with Crippen molar-refractivity contribution in [3.05, 3.63) is 76.8 Å². The van der Waals surface area contributed by atoms with Crippen LogP contribution in [0.3, 0.4) is 0 Å². The molecule has 0 fully saturated rings. The summed E-state index contributed by atoms with van der Waals surface area (Å²) in [6.45, 7) is 1.87. The summed E-state index contributed by atoms with van der Waals surface area (Å²) < 4.78 is 1.66. The van der Waals surface area contributed by atoms with E-state index in [-0.39, 0.29) is 0 Å². The lowest BCUT2D eigenvalue weighted by Gasteiger charge is -2.02. The molecule has 0 bridgehead atoms. The summed E-state index contributed by atoms with van der Waals surface area (Å²) in [4.78, 5) is 4.21. The van der Waals surface area contributed by atoms with E-state index in [0.717, 1.165) is 16.9 Å². The molecule has 0 amide bonds. The number of hydrogen-bond acceptors (Lipinski definition) is 3. The largest absolute Gasteiger partial charge is 0.256 e. The number of allylic oxidation sites excluding steroid dienone is 1. The van der Waals surface area contributed by atoms with Crippen molar-refractivity contribution in [2.24, 2.45) is 0 Å². The van der Waals surface area contributed by atoms with Crippen LogP contribution >= 0.6 is 11.6 Å². The topological polar surface area (TPSA) is 54.5 Å². The van der Waals surface area contributed by atoms with Crippen LogP contribution in [0.2, 0.25) is 5.15 Å². The second-order valence-electron chi connectivity index (χ2n) is 4.92. The van der Waals surface area contributed by atoms with Crippen molar-refractivity contribution < 1.29 is 0 Å². The minimum Gasteiger partial charge on any atom is -0.256 e. The molecule has 112 valence electrons. The third-order valence-corrected chi connectivity index (χ3v) is 3.76. The first-order valence-corrected chi connectivity index (χ1v) is 7.42. The van der Waals surface area contributed by atoms with Gasteiger partial charge < -0.3 is 0 Å². The Bertz CT molecular complexity index is 890. The van der Waals surface area contributed by atoms with Crippen LogP contribution in [0.1, 0.15) is 17.0 Å². The highest BCUT2D eigenvalue weighted by Gasteiger charge is 2.14. The quantitative estimate of drug-likeness (QED) is 0.676. The summed E-state index contributed by atoms with van der Waals surface area (Å²) >= 11 is 6.48. The van der Waals surface area contributed by atoms with Gasteiger partial charge in [-0.25, -0.2) is 4.68 Å². The van der Waals surface area contributed by atoms with Gasteiger partial charge in [-0.15, -0.1) is 0 Å². The molecule has 0 saturated carbocycles. The monoisotopic (exact) mass is 320 g/mol. The highest BCUT2D eigenvalue weighted by molar-refractivity contribution is 6.31. The van der Waals surface area contributed by atoms with Gasteiger partial charge >= 0.3 is 0 Å². The second kappa shape index (κ2) is 6.47. The van der Waals surface area contributed by atoms with Gasteiger partial charge in [0.2, 0.25) is 0 Å². The van der Waals surface area contributed by atoms with Gasteiger partial charge in [-0.3, -0.25) is 4.98 Å². The summed E-state index contributed by atoms with van der Waals surface area (Å²) in [5.41, 5.74) is 3.40. The average Bonchev–Trinajstić information content (AvgIpc) is 2.88. The van der Waals surface area contributed by atoms with Crippen LogP contribution in [0.15, 0.2) is 54.7 Å². The van der Waals surface area contributed by atoms with Crippen LogP contribution in [0.25, 0.3) is 17.3 Å². The first-order valence-electron chi connectivity index (χ1n) is 7.04. The number of benzene rings is 1. The second-order valence-corrected chi connectivity index (χ2v) is 5.28. The molecule has 1 aromatic carbocycles. The molecule has 3 aromatic rings. The molecule has 0 radical (unpaired) electrons. The first-order chi connectivity index (χ1) is 11.2. The third kappa shape index (κ3) is 3.01. The van der Waals surface area contributed by atoms with Crippen molar-refractivity contribution in [1.82, 2.24) is 14.8 Å². The van der Waals surface area contributed by atoms with E-state index >= 15 is 0 Å². The zero-order valence-electron chi connectivity index (χ0n) is 12.4. The van der Waals surface area contributed by atoms with Crippen molar-refractivity contribution in [3.8, 4) is 11.8 Å². The summed E-state index contributed by atoms with van der Waals surface area (Å²) in [6, 6.07) is 17.3. The smallest absolute Gasteiger partial charge is 0.140 e. The zero-order chi connectivity index (χ0) is 16.2. The minimum absolute atomic E-state index is 0.447. The number of aromatic nitrogens is 3. The van der Waals surface area contributed by atoms with E-state index in [9.17, 15) is 5.26 Å². The van der Waals surface area contributed by atoms with E-state index in [1.807, 2.05) is 49.4 Å². The first kappa shape index (κ1) is 15.0. The van der Waals surface area contributed by atoms with Crippen LogP contribution in [-0.2, 0) is 0 Å². The Kier molecular flexibility index (Phi) is 4.22. The molecule has 0 atom stereocenters. The molecule has 0 aliphatic rings. The van der Waals surface area contributed by atoms with Gasteiger partial charge in [-0.2, -0.15) is 10.4 Å². The molecular weight excluding hydrogens is 308 g/mol. The average molecular weight is 321 g/mol. The number of nitrogens with zero attached hydrogens (tertiary/aromatic N) is 4. The number of para-hydroxylation sites is 1. The van der Waals surface area contributed by atoms with Crippen molar-refractivity contribution in [2.75, 3.05) is 0 Å². The van der Waals surface area contributed by atoms with Crippen LogP contribution in [0.4, 0.5) is 0 Å². The molecule has 2 aromatic heterocycles. The number of pyridine rings is 1. The Balaban J connectivity index is 2.09. The van der Waals surface area contributed by atoms with Crippen LogP contribution in [0.5, 0.6) is 0 Å². The molecule has 0 aliphatic carbocycles. The van der Waals surface area contributed by atoms with E-state index in [1.54, 1.807) is 23.0 Å². The summed E-state index contributed by atoms with van der Waals surface area (Å²) in [6.07, 6.45) is 3.38. The standard InChI is InChI=1S/C18H13ClN4/c1-13-16(11-14(12-20)17-9-5-6-10-21-17)18(19)23(22-13)15-7-3-2-4-8-15/h2-11H,1H3. The van der Waals surface area contributed by atoms with Gasteiger partial charge in [0.1, 0.15) is 11.2 Å². The van der Waals surface area contributed by atoms with Crippen LogP contribution < -0.4 is 0 Å². The fourth-order valence-corrected chi connectivity index (χ4v) is 2.57. The molecule has 0 aliphatic heterocycles. The lowest BCUT2D eigenvalue weighted by atomic mass is 10.1. The van der Waals surface area contributed by atoms with Crippen LogP contribution in [-0.4, -0.2) is 14.8 Å². The fourth-order valence-electron chi connectivity index (χ4n) is 2.25. The molecule has 0 spiro atoms. The number of halogens is 1. The maximum atomic E-state index is 9.42. The summed E-state index contributed by atoms with van der Waals surface area (Å²) in [5.74, 6) is 0. The maximum Gasteiger partial charge on any atom is 0.140 e. The molecule has 0 N–H and O–H groups in total. The Hall–Kier alpha value is -2.90. The fraction of sp³-hybridized carbons (Fsp3) is 0.0556. The van der Waals surface area contributed by atoms with E-state index in [2.05, 4.69) is 16.2 Å². The molecule has 4 nitrogen and oxygen atoms in total. The number of nitriles is 1. The lowest BCUT2D eigenvalue weighted by molar-refractivity contribution is 0.863. The molecule has 5 heteroatoms. The van der Waals surface area contributed by atoms with Crippen molar-refractivity contribution in [3.63, 3.8) is 0 Å². The van der Waals surface area contributed by atoms with Crippen molar-refractivity contribution in [1.29, 1.82) is 5.26 Å². The number of hydrogen-bond donors (Lipinski definition) is 0. The van der Waals surface area contributed by atoms with Gasteiger partial charge in [0.15, 0.2) is 0 Å². The van der Waals surface area contributed by atoms with Crippen molar-refractivity contribution >= 4 is 23.3 Å². The van der Waals surface area contributed by atoms with E-state index < -0.39 is 0 Å². The third-order valence-electron chi connectivity index (χ3n) is 3.40. The van der Waals surface area contributed by atoms with Gasteiger partial charge in [0.25, 0.3) is 0 Å². The normalized spacial score (nSPS) is 11.3. The molecule has 0 unspecified atom stereocenters. The highest BCUT2D eigenvalue weighted by atomic mass is 35.5. The van der Waals surface area contributed by atoms with E-state index in [4.69, 9.17) is 11.6 Å². The molecule has 2 heterocycles. The molecule has 23 heavy (non-hydrogen) atoms. The SMILES string of the molecule is Cc1nn(-c2ccccc2)c(Cl)c1C=C(C#N)c1ccccn1. The van der Waals surface area contributed by atoms with E-state index in [1.165, 1.54) is 0 Å². The predicted octanol–water partition coefficient (Wildman–Crippen LogP) is 4.29. The van der Waals surface area contributed by atoms with Gasteiger partial charge in [0.05, 0.1) is 22.6 Å². The van der Waals surface area contributed by atoms with Gasteiger partial charge in [-0.1, -0.05) is 35.9 Å². The Morgan fingerprint density at radius 2 is 1.91 bits per heavy atom. The Morgan fingerprint density at radius 3 is 2.57 bits per heavy atom. The molecule has 0 saturated heterocycles. The van der Waals surface area contributed by atoms with E-state index in [0.29, 0.717) is 16.4 Å². The van der Waals surface area contributed by atoms with Gasteiger partial charge in [0, 0.05) is 11.8 Å². The maximum absolute atomic E-state index is 9.42. The molecular formula is C18H13ClN4. The summed E-state index contributed by atoms with van der Waals surface area (Å²) in [5, 5.41) is 14.4. The number of rotatable bonds is 3. The van der Waals surface area contributed by atoms with Gasteiger partial charge in [-0.05, 0) is 37.3 Å².